The summed E-state index contributed by atoms with van der Waals surface area (Å²) in [4.78, 5) is 2.40. The summed E-state index contributed by atoms with van der Waals surface area (Å²) in [7, 11) is 0. The third-order valence-corrected chi connectivity index (χ3v) is 5.80. The van der Waals surface area contributed by atoms with Crippen LogP contribution in [-0.2, 0) is 0 Å². The minimum Gasteiger partial charge on any atom is -0.490 e. The van der Waals surface area contributed by atoms with E-state index in [1.807, 2.05) is 30.3 Å². The van der Waals surface area contributed by atoms with Gasteiger partial charge in [-0.15, -0.1) is 0 Å². The van der Waals surface area contributed by atoms with Gasteiger partial charge in [-0.05, 0) is 75.1 Å². The van der Waals surface area contributed by atoms with Crippen LogP contribution in [0.2, 0.25) is 0 Å². The first-order valence-corrected chi connectivity index (χ1v) is 10.7. The number of hydrogen-bond acceptors (Lipinski definition) is 2. The Morgan fingerprint density at radius 1 is 0.786 bits per heavy atom. The van der Waals surface area contributed by atoms with Crippen LogP contribution in [0.15, 0.2) is 82.6 Å². The van der Waals surface area contributed by atoms with Crippen molar-refractivity contribution in [2.24, 2.45) is 0 Å². The van der Waals surface area contributed by atoms with E-state index < -0.39 is 0 Å². The summed E-state index contributed by atoms with van der Waals surface area (Å²) in [6.07, 6.45) is 5.18. The summed E-state index contributed by atoms with van der Waals surface area (Å²) in [5.74, 6) is 7.52. The normalized spacial score (nSPS) is 13.8. The Morgan fingerprint density at radius 2 is 1.57 bits per heavy atom. The Hall–Kier alpha value is -2.63. The molecule has 0 N–H and O–H groups in total. The molecule has 0 aliphatic heterocycles. The lowest BCUT2D eigenvalue weighted by Crippen LogP contribution is -2.10. The van der Waals surface area contributed by atoms with Gasteiger partial charge in [0.2, 0.25) is 0 Å². The van der Waals surface area contributed by atoms with Gasteiger partial charge < -0.3 is 4.74 Å². The Kier molecular flexibility index (Phi) is 6.04. The van der Waals surface area contributed by atoms with E-state index in [2.05, 4.69) is 61.2 Å². The fourth-order valence-electron chi connectivity index (χ4n) is 3.45. The highest BCUT2D eigenvalue weighted by atomic mass is 32.2. The fourth-order valence-corrected chi connectivity index (χ4v) is 4.47. The third kappa shape index (κ3) is 5.21. The molecule has 3 aromatic carbocycles. The van der Waals surface area contributed by atoms with Gasteiger partial charge in [0.05, 0.1) is 6.10 Å². The van der Waals surface area contributed by atoms with Crippen molar-refractivity contribution in [3.05, 3.63) is 89.5 Å². The summed E-state index contributed by atoms with van der Waals surface area (Å²) in [5.41, 5.74) is 3.29. The molecule has 0 amide bonds. The molecule has 1 saturated carbocycles. The third-order valence-electron chi connectivity index (χ3n) is 4.84. The lowest BCUT2D eigenvalue weighted by molar-refractivity contribution is 0.209. The van der Waals surface area contributed by atoms with Gasteiger partial charge in [0.15, 0.2) is 0 Å². The molecule has 0 atom stereocenters. The summed E-state index contributed by atoms with van der Waals surface area (Å²) in [6, 6.07) is 25.1. The zero-order chi connectivity index (χ0) is 19.2. The van der Waals surface area contributed by atoms with E-state index in [-0.39, 0.29) is 0 Å². The van der Waals surface area contributed by atoms with E-state index in [1.165, 1.54) is 28.2 Å². The molecule has 0 aromatic heterocycles. The average Bonchev–Trinajstić information content (AvgIpc) is 3.20. The lowest BCUT2D eigenvalue weighted by Gasteiger charge is -2.14. The van der Waals surface area contributed by atoms with E-state index in [0.29, 0.717) is 6.10 Å². The molecular formula is C26H24OS. The summed E-state index contributed by atoms with van der Waals surface area (Å²) in [5, 5.41) is 0. The van der Waals surface area contributed by atoms with E-state index >= 15 is 0 Å². The molecular weight excluding hydrogens is 360 g/mol. The molecule has 0 saturated heterocycles. The molecule has 0 heterocycles. The van der Waals surface area contributed by atoms with Gasteiger partial charge in [0.25, 0.3) is 0 Å². The molecule has 1 aliphatic carbocycles. The lowest BCUT2D eigenvalue weighted by atomic mass is 10.1. The summed E-state index contributed by atoms with van der Waals surface area (Å²) >= 11 is 1.76. The first-order valence-electron chi connectivity index (χ1n) is 9.88. The minimum atomic E-state index is 0.342. The van der Waals surface area contributed by atoms with Gasteiger partial charge in [0, 0.05) is 20.9 Å². The second kappa shape index (κ2) is 9.04. The molecule has 3 aromatic rings. The zero-order valence-electron chi connectivity index (χ0n) is 16.2. The van der Waals surface area contributed by atoms with Crippen molar-refractivity contribution < 1.29 is 4.74 Å². The molecule has 0 unspecified atom stereocenters. The van der Waals surface area contributed by atoms with Gasteiger partial charge in [-0.3, -0.25) is 0 Å². The number of benzene rings is 3. The molecule has 28 heavy (non-hydrogen) atoms. The highest BCUT2D eigenvalue weighted by molar-refractivity contribution is 7.99. The van der Waals surface area contributed by atoms with E-state index in [0.717, 1.165) is 29.7 Å². The van der Waals surface area contributed by atoms with Crippen molar-refractivity contribution in [2.45, 2.75) is 48.5 Å². The molecule has 2 heteroatoms. The van der Waals surface area contributed by atoms with Crippen molar-refractivity contribution >= 4 is 11.8 Å². The zero-order valence-corrected chi connectivity index (χ0v) is 17.0. The monoisotopic (exact) mass is 384 g/mol. The van der Waals surface area contributed by atoms with Gasteiger partial charge in [-0.25, -0.2) is 0 Å². The van der Waals surface area contributed by atoms with E-state index in [1.54, 1.807) is 11.8 Å². The Balaban J connectivity index is 1.63. The van der Waals surface area contributed by atoms with Gasteiger partial charge in [0.1, 0.15) is 5.75 Å². The van der Waals surface area contributed by atoms with Crippen molar-refractivity contribution in [1.29, 1.82) is 0 Å². The van der Waals surface area contributed by atoms with E-state index in [9.17, 15) is 0 Å². The van der Waals surface area contributed by atoms with Crippen LogP contribution in [0.1, 0.15) is 42.4 Å². The number of ether oxygens (including phenoxy) is 1. The SMILES string of the molecule is Cc1cccc(Sc2cc(C#Cc3ccccc3)cc(OC3CCCC3)c2)c1. The van der Waals surface area contributed by atoms with Crippen LogP contribution < -0.4 is 4.74 Å². The van der Waals surface area contributed by atoms with Crippen molar-refractivity contribution in [3.8, 4) is 17.6 Å². The maximum absolute atomic E-state index is 6.29. The molecule has 1 aliphatic rings. The van der Waals surface area contributed by atoms with Crippen LogP contribution >= 0.6 is 11.8 Å². The molecule has 0 bridgehead atoms. The summed E-state index contributed by atoms with van der Waals surface area (Å²) in [6.45, 7) is 2.13. The van der Waals surface area contributed by atoms with Crippen molar-refractivity contribution in [2.75, 3.05) is 0 Å². The minimum absolute atomic E-state index is 0.342. The Labute approximate surface area is 172 Å². The molecule has 0 spiro atoms. The van der Waals surface area contributed by atoms with E-state index in [4.69, 9.17) is 4.74 Å². The quantitative estimate of drug-likeness (QED) is 0.454. The molecule has 4 rings (SSSR count). The smallest absolute Gasteiger partial charge is 0.122 e. The van der Waals surface area contributed by atoms with Crippen molar-refractivity contribution in [3.63, 3.8) is 0 Å². The molecule has 1 nitrogen and oxygen atoms in total. The number of hydrogen-bond donors (Lipinski definition) is 0. The second-order valence-electron chi connectivity index (χ2n) is 7.25. The standard InChI is InChI=1S/C26H24OS/c1-20-8-7-13-25(16-20)28-26-18-22(15-14-21-9-3-2-4-10-21)17-24(19-26)27-23-11-5-6-12-23/h2-4,7-10,13,16-19,23H,5-6,11-12H2,1H3. The second-order valence-corrected chi connectivity index (χ2v) is 8.40. The van der Waals surface area contributed by atoms with Gasteiger partial charge >= 0.3 is 0 Å². The Morgan fingerprint density at radius 3 is 2.36 bits per heavy atom. The molecule has 140 valence electrons. The van der Waals surface area contributed by atoms with Crippen molar-refractivity contribution in [1.82, 2.24) is 0 Å². The largest absolute Gasteiger partial charge is 0.490 e. The van der Waals surface area contributed by atoms with Crippen LogP contribution in [0.25, 0.3) is 0 Å². The number of aryl methyl sites for hydroxylation is 1. The molecule has 0 radical (unpaired) electrons. The Bertz CT molecular complexity index is 992. The van der Waals surface area contributed by atoms with Gasteiger partial charge in [-0.1, -0.05) is 59.5 Å². The van der Waals surface area contributed by atoms with Crippen LogP contribution in [0.4, 0.5) is 0 Å². The molecule has 1 fully saturated rings. The topological polar surface area (TPSA) is 9.23 Å². The average molecular weight is 385 g/mol. The maximum Gasteiger partial charge on any atom is 0.122 e. The van der Waals surface area contributed by atoms with Crippen LogP contribution in [0.5, 0.6) is 5.75 Å². The highest BCUT2D eigenvalue weighted by Crippen LogP contribution is 2.33. The predicted octanol–water partition coefficient (Wildman–Crippen LogP) is 6.87. The van der Waals surface area contributed by atoms with Crippen LogP contribution in [-0.4, -0.2) is 6.10 Å². The predicted molar refractivity (Wildman–Crippen MR) is 117 cm³/mol. The first kappa shape index (κ1) is 18.7. The number of rotatable bonds is 4. The fraction of sp³-hybridized carbons (Fsp3) is 0.231. The highest BCUT2D eigenvalue weighted by Gasteiger charge is 2.17. The first-order chi connectivity index (χ1) is 13.7. The van der Waals surface area contributed by atoms with Crippen LogP contribution in [0, 0.1) is 18.8 Å². The van der Waals surface area contributed by atoms with Crippen LogP contribution in [0.3, 0.4) is 0 Å². The maximum atomic E-state index is 6.29. The summed E-state index contributed by atoms with van der Waals surface area (Å²) < 4.78 is 6.29. The van der Waals surface area contributed by atoms with Gasteiger partial charge in [-0.2, -0.15) is 0 Å².